The monoisotopic (exact) mass is 335 g/mol. The Balaban J connectivity index is 2.05. The molecular weight excluding hydrogens is 314 g/mol. The highest BCUT2D eigenvalue weighted by Gasteiger charge is 2.55. The van der Waals surface area contributed by atoms with Crippen LogP contribution in [0.3, 0.4) is 0 Å². The van der Waals surface area contributed by atoms with Crippen molar-refractivity contribution < 1.29 is 20.1 Å². The molecule has 0 radical (unpaired) electrons. The Morgan fingerprint density at radius 3 is 2.88 bits per heavy atom. The highest BCUT2D eigenvalue weighted by molar-refractivity contribution is 5.81. The molecule has 5 N–H and O–H groups in total. The number of rotatable bonds is 5. The Bertz CT molecular complexity index is 763. The van der Waals surface area contributed by atoms with Gasteiger partial charge in [0.05, 0.1) is 12.9 Å². The third-order valence-electron chi connectivity index (χ3n) is 4.37. The second-order valence-electron chi connectivity index (χ2n) is 6.19. The summed E-state index contributed by atoms with van der Waals surface area (Å²) < 4.78 is 7.21. The van der Waals surface area contributed by atoms with E-state index in [-0.39, 0.29) is 12.2 Å². The lowest BCUT2D eigenvalue weighted by Crippen LogP contribution is -2.47. The number of allylic oxidation sites excluding steroid dienone is 1. The average Bonchev–Trinajstić information content (AvgIpc) is 3.07. The zero-order valence-electron chi connectivity index (χ0n) is 13.3. The molecule has 0 saturated carbocycles. The number of nitrogen functional groups attached to an aromatic ring is 1. The van der Waals surface area contributed by atoms with Gasteiger partial charge >= 0.3 is 0 Å². The van der Waals surface area contributed by atoms with Gasteiger partial charge in [0, 0.05) is 0 Å². The molecule has 0 spiro atoms. The molecule has 3 rings (SSSR count). The minimum absolute atomic E-state index is 0.210. The lowest BCUT2D eigenvalue weighted by molar-refractivity contribution is -0.111. The normalized spacial score (nSPS) is 30.1. The molecule has 1 aliphatic heterocycles. The number of anilines is 1. The molecule has 4 atom stereocenters. The molecule has 24 heavy (non-hydrogen) atoms. The summed E-state index contributed by atoms with van der Waals surface area (Å²) in [6.45, 7) is 5.24. The summed E-state index contributed by atoms with van der Waals surface area (Å²) in [4.78, 5) is 12.2. The smallest absolute Gasteiger partial charge is 0.168 e. The second kappa shape index (κ2) is 6.10. The third-order valence-corrected chi connectivity index (χ3v) is 4.37. The SMILES string of the molecule is C=C(C)CC[C@@]1(O)[C@H](O)[C@@H](CO)O[C@H]1n1cnc2c(N)ncnc21. The number of ether oxygens (including phenoxy) is 1. The van der Waals surface area contributed by atoms with Gasteiger partial charge in [0.15, 0.2) is 17.7 Å². The van der Waals surface area contributed by atoms with Gasteiger partial charge in [0.25, 0.3) is 0 Å². The predicted molar refractivity (Wildman–Crippen MR) is 85.7 cm³/mol. The van der Waals surface area contributed by atoms with Crippen LogP contribution in [0.1, 0.15) is 26.0 Å². The van der Waals surface area contributed by atoms with Crippen LogP contribution >= 0.6 is 0 Å². The Morgan fingerprint density at radius 2 is 2.21 bits per heavy atom. The fourth-order valence-corrected chi connectivity index (χ4v) is 3.00. The fraction of sp³-hybridized carbons (Fsp3) is 0.533. The average molecular weight is 335 g/mol. The van der Waals surface area contributed by atoms with Crippen LogP contribution in [-0.2, 0) is 4.74 Å². The molecule has 0 aliphatic carbocycles. The molecule has 9 heteroatoms. The van der Waals surface area contributed by atoms with E-state index in [0.29, 0.717) is 17.6 Å². The van der Waals surface area contributed by atoms with Gasteiger partial charge in [-0.2, -0.15) is 0 Å². The first-order chi connectivity index (χ1) is 11.4. The summed E-state index contributed by atoms with van der Waals surface area (Å²) in [6, 6.07) is 0. The number of aliphatic hydroxyl groups is 3. The molecule has 1 fully saturated rings. The molecule has 0 unspecified atom stereocenters. The lowest BCUT2D eigenvalue weighted by atomic mass is 9.88. The summed E-state index contributed by atoms with van der Waals surface area (Å²) in [6.07, 6.45) is 0.282. The topological polar surface area (TPSA) is 140 Å². The van der Waals surface area contributed by atoms with Crippen LogP contribution in [0.5, 0.6) is 0 Å². The van der Waals surface area contributed by atoms with Crippen LogP contribution in [-0.4, -0.2) is 59.3 Å². The van der Waals surface area contributed by atoms with E-state index in [1.54, 1.807) is 0 Å². The van der Waals surface area contributed by atoms with Crippen molar-refractivity contribution in [1.82, 2.24) is 19.5 Å². The lowest BCUT2D eigenvalue weighted by Gasteiger charge is -2.31. The molecule has 130 valence electrons. The number of hydrogen-bond donors (Lipinski definition) is 4. The van der Waals surface area contributed by atoms with Gasteiger partial charge in [-0.3, -0.25) is 4.57 Å². The van der Waals surface area contributed by atoms with Crippen molar-refractivity contribution in [2.24, 2.45) is 0 Å². The maximum atomic E-state index is 11.1. The van der Waals surface area contributed by atoms with Crippen LogP contribution in [0.25, 0.3) is 11.2 Å². The second-order valence-corrected chi connectivity index (χ2v) is 6.19. The van der Waals surface area contributed by atoms with E-state index in [2.05, 4.69) is 21.5 Å². The molecule has 2 aromatic rings. The van der Waals surface area contributed by atoms with E-state index < -0.39 is 30.6 Å². The molecule has 3 heterocycles. The van der Waals surface area contributed by atoms with E-state index in [9.17, 15) is 15.3 Å². The van der Waals surface area contributed by atoms with E-state index in [0.717, 1.165) is 5.57 Å². The van der Waals surface area contributed by atoms with Crippen molar-refractivity contribution in [3.63, 3.8) is 0 Å². The quantitative estimate of drug-likeness (QED) is 0.548. The maximum Gasteiger partial charge on any atom is 0.168 e. The van der Waals surface area contributed by atoms with Gasteiger partial charge in [-0.05, 0) is 19.8 Å². The van der Waals surface area contributed by atoms with E-state index >= 15 is 0 Å². The van der Waals surface area contributed by atoms with Gasteiger partial charge in [-0.25, -0.2) is 15.0 Å². The van der Waals surface area contributed by atoms with Gasteiger partial charge in [0.2, 0.25) is 0 Å². The highest BCUT2D eigenvalue weighted by Crippen LogP contribution is 2.43. The third kappa shape index (κ3) is 2.55. The predicted octanol–water partition coefficient (Wildman–Crippen LogP) is -0.254. The van der Waals surface area contributed by atoms with Crippen molar-refractivity contribution in [2.45, 2.75) is 43.8 Å². The first-order valence-corrected chi connectivity index (χ1v) is 7.62. The van der Waals surface area contributed by atoms with Gasteiger partial charge in [-0.1, -0.05) is 5.57 Å². The molecule has 0 amide bonds. The summed E-state index contributed by atoms with van der Waals surface area (Å²) in [7, 11) is 0. The van der Waals surface area contributed by atoms with E-state index in [4.69, 9.17) is 10.5 Å². The van der Waals surface area contributed by atoms with Gasteiger partial charge in [-0.15, -0.1) is 6.58 Å². The van der Waals surface area contributed by atoms with Crippen molar-refractivity contribution in [1.29, 1.82) is 0 Å². The fourth-order valence-electron chi connectivity index (χ4n) is 3.00. The largest absolute Gasteiger partial charge is 0.394 e. The number of nitrogens with two attached hydrogens (primary N) is 1. The van der Waals surface area contributed by atoms with Crippen molar-refractivity contribution in [3.05, 3.63) is 24.8 Å². The van der Waals surface area contributed by atoms with Gasteiger partial charge < -0.3 is 25.8 Å². The molecule has 0 aromatic carbocycles. The number of aliphatic hydroxyl groups excluding tert-OH is 2. The molecule has 2 aromatic heterocycles. The first-order valence-electron chi connectivity index (χ1n) is 7.62. The zero-order chi connectivity index (χ0) is 17.5. The molecule has 0 bridgehead atoms. The minimum atomic E-state index is -1.63. The Labute approximate surface area is 138 Å². The van der Waals surface area contributed by atoms with Crippen LogP contribution in [0, 0.1) is 0 Å². The number of fused-ring (bicyclic) bond motifs is 1. The Hall–Kier alpha value is -2.07. The van der Waals surface area contributed by atoms with Crippen LogP contribution in [0.2, 0.25) is 0 Å². The standard InChI is InChI=1S/C15H21N5O4/c1-8(2)3-4-15(23)11(22)9(5-21)24-14(15)20-7-19-10-12(16)17-6-18-13(10)20/h6-7,9,11,14,21-23H,1,3-5H2,2H3,(H2,16,17,18)/t9-,11-,14-,15-/m1/s1. The summed E-state index contributed by atoms with van der Waals surface area (Å²) in [5.74, 6) is 0.210. The highest BCUT2D eigenvalue weighted by atomic mass is 16.6. The number of imidazole rings is 1. The molecular formula is C15H21N5O4. The van der Waals surface area contributed by atoms with Crippen LogP contribution < -0.4 is 5.73 Å². The summed E-state index contributed by atoms with van der Waals surface area (Å²) >= 11 is 0. The first kappa shape index (κ1) is 16.8. The molecule has 1 aliphatic rings. The number of hydrogen-bond acceptors (Lipinski definition) is 8. The van der Waals surface area contributed by atoms with Crippen molar-refractivity contribution in [3.8, 4) is 0 Å². The summed E-state index contributed by atoms with van der Waals surface area (Å²) in [5.41, 5.74) is 5.78. The Morgan fingerprint density at radius 1 is 1.46 bits per heavy atom. The van der Waals surface area contributed by atoms with Crippen LogP contribution in [0.15, 0.2) is 24.8 Å². The maximum absolute atomic E-state index is 11.1. The van der Waals surface area contributed by atoms with E-state index in [1.807, 2.05) is 6.92 Å². The molecule has 9 nitrogen and oxygen atoms in total. The number of aromatic nitrogens is 4. The summed E-state index contributed by atoms with van der Waals surface area (Å²) in [5, 5.41) is 31.0. The number of nitrogens with zero attached hydrogens (tertiary/aromatic N) is 4. The van der Waals surface area contributed by atoms with Gasteiger partial charge in [0.1, 0.15) is 29.7 Å². The zero-order valence-corrected chi connectivity index (χ0v) is 13.3. The van der Waals surface area contributed by atoms with Crippen LogP contribution in [0.4, 0.5) is 5.82 Å². The van der Waals surface area contributed by atoms with Crippen molar-refractivity contribution in [2.75, 3.05) is 12.3 Å². The molecule has 1 saturated heterocycles. The van der Waals surface area contributed by atoms with Crippen molar-refractivity contribution >= 4 is 17.0 Å². The minimum Gasteiger partial charge on any atom is -0.394 e. The Kier molecular flexibility index (Phi) is 4.26. The van der Waals surface area contributed by atoms with E-state index in [1.165, 1.54) is 17.2 Å².